The Labute approximate surface area is 217 Å². The molecule has 4 nitrogen and oxygen atoms in total. The van der Waals surface area contributed by atoms with Crippen LogP contribution in [-0.4, -0.2) is 23.4 Å². The third-order valence-corrected chi connectivity index (χ3v) is 7.47. The summed E-state index contributed by atoms with van der Waals surface area (Å²) >= 11 is 3.11. The Hall–Kier alpha value is -2.67. The minimum atomic E-state index is 0.162. The van der Waals surface area contributed by atoms with Gasteiger partial charge in [-0.25, -0.2) is 9.97 Å². The van der Waals surface area contributed by atoms with E-state index in [1.165, 1.54) is 28.0 Å². The number of hydrogen-bond acceptors (Lipinski definition) is 6. The summed E-state index contributed by atoms with van der Waals surface area (Å²) in [5.41, 5.74) is 5.25. The van der Waals surface area contributed by atoms with E-state index in [4.69, 9.17) is 4.74 Å². The van der Waals surface area contributed by atoms with Crippen molar-refractivity contribution in [2.75, 3.05) is 7.11 Å². The number of ether oxygens (including phenoxy) is 1. The van der Waals surface area contributed by atoms with E-state index in [9.17, 15) is 4.79 Å². The summed E-state index contributed by atoms with van der Waals surface area (Å²) in [5.74, 6) is 0. The van der Waals surface area contributed by atoms with Crippen molar-refractivity contribution in [1.82, 2.24) is 9.97 Å². The second-order valence-electron chi connectivity index (χ2n) is 10.4. The molecule has 6 heteroatoms. The van der Waals surface area contributed by atoms with E-state index in [1.807, 2.05) is 6.20 Å². The van der Waals surface area contributed by atoms with Crippen LogP contribution in [0, 0.1) is 0 Å². The van der Waals surface area contributed by atoms with Crippen molar-refractivity contribution in [2.45, 2.75) is 59.0 Å². The Morgan fingerprint density at radius 1 is 0.743 bits per heavy atom. The summed E-state index contributed by atoms with van der Waals surface area (Å²) in [7, 11) is 1.71. The molecule has 0 unspecified atom stereocenters. The fourth-order valence-corrected chi connectivity index (χ4v) is 4.98. The monoisotopic (exact) mass is 506 g/mol. The number of carbonyl (C=O) groups is 1. The number of methoxy groups -OCH3 is 1. The molecule has 2 heterocycles. The fraction of sp³-hybridized carbons (Fsp3) is 0.345. The molecule has 0 aliphatic heterocycles. The lowest BCUT2D eigenvalue weighted by Gasteiger charge is -2.18. The molecule has 4 aromatic rings. The molecule has 2 aromatic heterocycles. The molecule has 184 valence electrons. The number of hydrogen-bond donors (Lipinski definition) is 0. The van der Waals surface area contributed by atoms with Crippen LogP contribution in [0.3, 0.4) is 0 Å². The van der Waals surface area contributed by atoms with Crippen LogP contribution in [0.4, 0.5) is 0 Å². The maximum atomic E-state index is 10.6. The first-order chi connectivity index (χ1) is 16.5. The van der Waals surface area contributed by atoms with Crippen LogP contribution in [0.25, 0.3) is 21.1 Å². The zero-order valence-corrected chi connectivity index (χ0v) is 23.2. The lowest BCUT2D eigenvalue weighted by atomic mass is 9.87. The van der Waals surface area contributed by atoms with E-state index in [0.29, 0.717) is 11.5 Å². The molecule has 35 heavy (non-hydrogen) atoms. The Bertz CT molecular complexity index is 1230. The number of thiazole rings is 2. The molecule has 0 spiro atoms. The zero-order chi connectivity index (χ0) is 25.6. The smallest absolute Gasteiger partial charge is 0.161 e. The van der Waals surface area contributed by atoms with Crippen LogP contribution < -0.4 is 0 Å². The van der Waals surface area contributed by atoms with Gasteiger partial charge in [0.05, 0.1) is 16.4 Å². The average molecular weight is 507 g/mol. The van der Waals surface area contributed by atoms with E-state index in [2.05, 4.69) is 100 Å². The molecule has 0 saturated carbocycles. The van der Waals surface area contributed by atoms with Crippen molar-refractivity contribution >= 4 is 29.0 Å². The van der Waals surface area contributed by atoms with Gasteiger partial charge >= 0.3 is 0 Å². The van der Waals surface area contributed by atoms with Crippen LogP contribution >= 0.6 is 22.7 Å². The van der Waals surface area contributed by atoms with Gasteiger partial charge in [-0.3, -0.25) is 4.79 Å². The standard InChI is InChI=1S/C15H19NOS.C14H15NOS/c1-15(2,3)12-7-5-11(6-8-12)14-16-9-13(18-14)10-17-4;1-14(2,3)11-6-4-10(5-7-11)13-15-8-12(9-16)17-13/h5-9H,10H2,1-4H3;4-9H,1-3H3. The van der Waals surface area contributed by atoms with E-state index >= 15 is 0 Å². The van der Waals surface area contributed by atoms with Gasteiger partial charge in [0.1, 0.15) is 10.0 Å². The van der Waals surface area contributed by atoms with Crippen molar-refractivity contribution in [1.29, 1.82) is 0 Å². The topological polar surface area (TPSA) is 52.1 Å². The lowest BCUT2D eigenvalue weighted by Crippen LogP contribution is -2.10. The third-order valence-electron chi connectivity index (χ3n) is 5.48. The highest BCUT2D eigenvalue weighted by Crippen LogP contribution is 2.29. The molecule has 2 aromatic carbocycles. The number of nitrogens with zero attached hydrogens (tertiary/aromatic N) is 2. The predicted molar refractivity (Wildman–Crippen MR) is 149 cm³/mol. The van der Waals surface area contributed by atoms with Gasteiger partial charge in [0.25, 0.3) is 0 Å². The number of rotatable bonds is 5. The summed E-state index contributed by atoms with van der Waals surface area (Å²) in [6.07, 6.45) is 4.34. The molecule has 0 amide bonds. The molecule has 0 radical (unpaired) electrons. The molecular formula is C29H34N2O2S2. The molecule has 4 rings (SSSR count). The number of aldehydes is 1. The van der Waals surface area contributed by atoms with Crippen molar-refractivity contribution < 1.29 is 9.53 Å². The van der Waals surface area contributed by atoms with Gasteiger partial charge in [-0.15, -0.1) is 22.7 Å². The van der Waals surface area contributed by atoms with Crippen molar-refractivity contribution in [3.05, 3.63) is 81.8 Å². The highest BCUT2D eigenvalue weighted by Gasteiger charge is 2.14. The molecule has 0 aliphatic carbocycles. The second kappa shape index (κ2) is 11.4. The maximum Gasteiger partial charge on any atom is 0.161 e. The summed E-state index contributed by atoms with van der Waals surface area (Å²) in [6, 6.07) is 17.0. The summed E-state index contributed by atoms with van der Waals surface area (Å²) in [6.45, 7) is 13.9. The average Bonchev–Trinajstić information content (AvgIpc) is 3.49. The van der Waals surface area contributed by atoms with Gasteiger partial charge in [0.15, 0.2) is 6.29 Å². The van der Waals surface area contributed by atoms with Crippen molar-refractivity contribution in [2.24, 2.45) is 0 Å². The SMILES string of the molecule is CC(C)(C)c1ccc(-c2ncc(C=O)s2)cc1.COCc1cnc(-c2ccc(C(C)(C)C)cc2)s1. The van der Waals surface area contributed by atoms with Gasteiger partial charge in [0, 0.05) is 30.6 Å². The Balaban J connectivity index is 0.000000196. The van der Waals surface area contributed by atoms with Gasteiger partial charge in [0.2, 0.25) is 0 Å². The number of carbonyl (C=O) groups excluding carboxylic acids is 1. The molecule has 0 atom stereocenters. The van der Waals surface area contributed by atoms with E-state index < -0.39 is 0 Å². The molecule has 0 fully saturated rings. The van der Waals surface area contributed by atoms with E-state index in [1.54, 1.807) is 24.6 Å². The van der Waals surface area contributed by atoms with Crippen molar-refractivity contribution in [3.63, 3.8) is 0 Å². The predicted octanol–water partition coefficient (Wildman–Crippen LogP) is 8.17. The Kier molecular flexibility index (Phi) is 8.75. The summed E-state index contributed by atoms with van der Waals surface area (Å²) < 4.78 is 5.11. The van der Waals surface area contributed by atoms with Gasteiger partial charge in [-0.2, -0.15) is 0 Å². The minimum Gasteiger partial charge on any atom is -0.379 e. The molecule has 0 bridgehead atoms. The summed E-state index contributed by atoms with van der Waals surface area (Å²) in [5, 5.41) is 1.95. The van der Waals surface area contributed by atoms with Crippen LogP contribution in [0.1, 0.15) is 67.2 Å². The highest BCUT2D eigenvalue weighted by atomic mass is 32.1. The van der Waals surface area contributed by atoms with Crippen molar-refractivity contribution in [3.8, 4) is 21.1 Å². The molecular weight excluding hydrogens is 472 g/mol. The minimum absolute atomic E-state index is 0.162. The van der Waals surface area contributed by atoms with E-state index in [0.717, 1.165) is 26.7 Å². The largest absolute Gasteiger partial charge is 0.379 e. The van der Waals surface area contributed by atoms with Crippen LogP contribution in [0.5, 0.6) is 0 Å². The molecule has 0 N–H and O–H groups in total. The quantitative estimate of drug-likeness (QED) is 0.256. The first-order valence-electron chi connectivity index (χ1n) is 11.6. The number of aromatic nitrogens is 2. The van der Waals surface area contributed by atoms with Gasteiger partial charge in [-0.1, -0.05) is 90.1 Å². The molecule has 0 saturated heterocycles. The highest BCUT2D eigenvalue weighted by molar-refractivity contribution is 7.16. The number of benzene rings is 2. The lowest BCUT2D eigenvalue weighted by molar-refractivity contribution is 0.112. The first kappa shape index (κ1) is 26.9. The zero-order valence-electron chi connectivity index (χ0n) is 21.6. The Morgan fingerprint density at radius 3 is 1.60 bits per heavy atom. The van der Waals surface area contributed by atoms with Gasteiger partial charge in [-0.05, 0) is 22.0 Å². The van der Waals surface area contributed by atoms with Crippen LogP contribution in [0.15, 0.2) is 60.9 Å². The third kappa shape index (κ3) is 7.40. The summed E-state index contributed by atoms with van der Waals surface area (Å²) in [4.78, 5) is 21.1. The Morgan fingerprint density at radius 2 is 1.20 bits per heavy atom. The van der Waals surface area contributed by atoms with Crippen LogP contribution in [0.2, 0.25) is 0 Å². The van der Waals surface area contributed by atoms with Gasteiger partial charge < -0.3 is 4.74 Å². The normalized spacial score (nSPS) is 11.6. The maximum absolute atomic E-state index is 10.6. The first-order valence-corrected chi connectivity index (χ1v) is 13.2. The second-order valence-corrected chi connectivity index (χ2v) is 12.6. The van der Waals surface area contributed by atoms with Crippen LogP contribution in [-0.2, 0) is 22.2 Å². The molecule has 0 aliphatic rings. The van der Waals surface area contributed by atoms with E-state index in [-0.39, 0.29) is 10.8 Å². The fourth-order valence-electron chi connectivity index (χ4n) is 3.35.